The molecule has 2 aliphatic rings. The first kappa shape index (κ1) is 13.1. The summed E-state index contributed by atoms with van der Waals surface area (Å²) < 4.78 is 0. The molecule has 0 amide bonds. The molecule has 1 saturated heterocycles. The minimum absolute atomic E-state index is 0.291. The van der Waals surface area contributed by atoms with Crippen LogP contribution in [0.25, 0.3) is 0 Å². The Hall–Kier alpha value is -0.380. The fourth-order valence-electron chi connectivity index (χ4n) is 2.86. The molecule has 2 fully saturated rings. The van der Waals surface area contributed by atoms with Crippen molar-refractivity contribution in [3.05, 3.63) is 12.2 Å². The maximum absolute atomic E-state index is 8.90. The molecule has 1 aliphatic heterocycles. The fraction of sp³-hybridized carbons (Fsp3) is 0.857. The average Bonchev–Trinajstić information content (AvgIpc) is 3.10. The lowest BCUT2D eigenvalue weighted by Crippen LogP contribution is -2.44. The minimum Gasteiger partial charge on any atom is -0.395 e. The molecule has 2 N–H and O–H groups in total. The summed E-state index contributed by atoms with van der Waals surface area (Å²) in [6.45, 7) is 9.73. The summed E-state index contributed by atoms with van der Waals surface area (Å²) in [5.41, 5.74) is 1.42. The van der Waals surface area contributed by atoms with Crippen molar-refractivity contribution >= 4 is 0 Å². The zero-order valence-corrected chi connectivity index (χ0v) is 11.0. The SMILES string of the molecule is C=C(CC)[C@H]1C[C@@H]1NC1CCN(CCO)CC1. The highest BCUT2D eigenvalue weighted by atomic mass is 16.3. The third kappa shape index (κ3) is 3.54. The quantitative estimate of drug-likeness (QED) is 0.686. The Balaban J connectivity index is 1.64. The van der Waals surface area contributed by atoms with Gasteiger partial charge in [0.25, 0.3) is 0 Å². The van der Waals surface area contributed by atoms with E-state index in [1.54, 1.807) is 0 Å². The maximum Gasteiger partial charge on any atom is 0.0558 e. The van der Waals surface area contributed by atoms with Gasteiger partial charge in [0.05, 0.1) is 6.61 Å². The van der Waals surface area contributed by atoms with Gasteiger partial charge < -0.3 is 15.3 Å². The molecular weight excluding hydrogens is 212 g/mol. The number of hydrogen-bond acceptors (Lipinski definition) is 3. The van der Waals surface area contributed by atoms with Crippen molar-refractivity contribution in [1.29, 1.82) is 0 Å². The summed E-state index contributed by atoms with van der Waals surface area (Å²) in [6.07, 6.45) is 4.87. The van der Waals surface area contributed by atoms with Gasteiger partial charge in [0.15, 0.2) is 0 Å². The zero-order chi connectivity index (χ0) is 12.3. The van der Waals surface area contributed by atoms with Crippen LogP contribution < -0.4 is 5.32 Å². The van der Waals surface area contributed by atoms with Crippen LogP contribution in [0.15, 0.2) is 12.2 Å². The van der Waals surface area contributed by atoms with Crippen molar-refractivity contribution in [2.75, 3.05) is 26.2 Å². The number of nitrogens with one attached hydrogen (secondary N) is 1. The Bertz CT molecular complexity index is 259. The second kappa shape index (κ2) is 5.98. The molecule has 2 rings (SSSR count). The molecule has 1 heterocycles. The lowest BCUT2D eigenvalue weighted by molar-refractivity contribution is 0.156. The predicted molar refractivity (Wildman–Crippen MR) is 71.0 cm³/mol. The van der Waals surface area contributed by atoms with Gasteiger partial charge >= 0.3 is 0 Å². The summed E-state index contributed by atoms with van der Waals surface area (Å²) in [5.74, 6) is 0.746. The van der Waals surface area contributed by atoms with Gasteiger partial charge in [-0.1, -0.05) is 19.1 Å². The number of hydrogen-bond donors (Lipinski definition) is 2. The molecule has 0 radical (unpaired) electrons. The Labute approximate surface area is 105 Å². The van der Waals surface area contributed by atoms with E-state index in [0.717, 1.165) is 32.0 Å². The summed E-state index contributed by atoms with van der Waals surface area (Å²) in [6, 6.07) is 1.39. The number of likely N-dealkylation sites (tertiary alicyclic amines) is 1. The van der Waals surface area contributed by atoms with E-state index in [1.165, 1.54) is 24.8 Å². The molecule has 1 aliphatic carbocycles. The monoisotopic (exact) mass is 238 g/mol. The van der Waals surface area contributed by atoms with Gasteiger partial charge in [0.1, 0.15) is 0 Å². The first-order chi connectivity index (χ1) is 8.24. The molecule has 0 aromatic rings. The van der Waals surface area contributed by atoms with E-state index < -0.39 is 0 Å². The van der Waals surface area contributed by atoms with E-state index in [1.807, 2.05) is 0 Å². The summed E-state index contributed by atoms with van der Waals surface area (Å²) in [7, 11) is 0. The van der Waals surface area contributed by atoms with E-state index in [-0.39, 0.29) is 0 Å². The van der Waals surface area contributed by atoms with Crippen LogP contribution in [0, 0.1) is 5.92 Å². The van der Waals surface area contributed by atoms with Crippen molar-refractivity contribution in [3.63, 3.8) is 0 Å². The van der Waals surface area contributed by atoms with Crippen LogP contribution in [0.1, 0.15) is 32.6 Å². The number of rotatable bonds is 6. The lowest BCUT2D eigenvalue weighted by Gasteiger charge is -2.32. The second-order valence-corrected chi connectivity index (χ2v) is 5.47. The largest absolute Gasteiger partial charge is 0.395 e. The van der Waals surface area contributed by atoms with Crippen LogP contribution >= 0.6 is 0 Å². The molecular formula is C14H26N2O. The number of aliphatic hydroxyl groups excluding tert-OH is 1. The van der Waals surface area contributed by atoms with E-state index in [2.05, 4.69) is 23.7 Å². The number of β-amino-alcohol motifs (C(OH)–C–C–N with tert-alkyl or cyclic N) is 1. The highest BCUT2D eigenvalue weighted by molar-refractivity contribution is 5.15. The number of piperidine rings is 1. The Kier molecular flexibility index (Phi) is 4.60. The number of nitrogens with zero attached hydrogens (tertiary/aromatic N) is 1. The van der Waals surface area contributed by atoms with Gasteiger partial charge in [-0.05, 0) is 44.7 Å². The second-order valence-electron chi connectivity index (χ2n) is 5.47. The lowest BCUT2D eigenvalue weighted by atomic mass is 10.0. The van der Waals surface area contributed by atoms with Crippen molar-refractivity contribution in [2.24, 2.45) is 5.92 Å². The molecule has 0 aromatic heterocycles. The van der Waals surface area contributed by atoms with Crippen LogP contribution in [0.3, 0.4) is 0 Å². The van der Waals surface area contributed by atoms with Crippen molar-refractivity contribution < 1.29 is 5.11 Å². The first-order valence-corrected chi connectivity index (χ1v) is 7.01. The first-order valence-electron chi connectivity index (χ1n) is 7.01. The predicted octanol–water partition coefficient (Wildman–Crippen LogP) is 1.39. The standard InChI is InChI=1S/C14H26N2O/c1-3-11(2)13-10-14(13)15-12-4-6-16(7-5-12)8-9-17/h12-15,17H,2-10H2,1H3/t13-,14+/m1/s1. The van der Waals surface area contributed by atoms with E-state index >= 15 is 0 Å². The third-order valence-corrected chi connectivity index (χ3v) is 4.22. The summed E-state index contributed by atoms with van der Waals surface area (Å²) in [5, 5.41) is 12.7. The van der Waals surface area contributed by atoms with Crippen LogP contribution in [-0.4, -0.2) is 48.3 Å². The molecule has 3 heteroatoms. The van der Waals surface area contributed by atoms with Gasteiger partial charge in [0.2, 0.25) is 0 Å². The topological polar surface area (TPSA) is 35.5 Å². The smallest absolute Gasteiger partial charge is 0.0558 e. The van der Waals surface area contributed by atoms with Crippen LogP contribution in [0.2, 0.25) is 0 Å². The normalized spacial score (nSPS) is 30.5. The third-order valence-electron chi connectivity index (χ3n) is 4.22. The molecule has 0 bridgehead atoms. The van der Waals surface area contributed by atoms with Crippen molar-refractivity contribution in [2.45, 2.75) is 44.7 Å². The van der Waals surface area contributed by atoms with Gasteiger partial charge in [0, 0.05) is 18.6 Å². The van der Waals surface area contributed by atoms with Gasteiger partial charge in [-0.2, -0.15) is 0 Å². The molecule has 0 spiro atoms. The van der Waals surface area contributed by atoms with Crippen LogP contribution in [0.5, 0.6) is 0 Å². The fourth-order valence-corrected chi connectivity index (χ4v) is 2.86. The average molecular weight is 238 g/mol. The molecule has 3 nitrogen and oxygen atoms in total. The molecule has 17 heavy (non-hydrogen) atoms. The van der Waals surface area contributed by atoms with Crippen LogP contribution in [0.4, 0.5) is 0 Å². The highest BCUT2D eigenvalue weighted by Crippen LogP contribution is 2.38. The maximum atomic E-state index is 8.90. The van der Waals surface area contributed by atoms with Crippen LogP contribution in [-0.2, 0) is 0 Å². The van der Waals surface area contributed by atoms with Gasteiger partial charge in [-0.15, -0.1) is 0 Å². The van der Waals surface area contributed by atoms with Gasteiger partial charge in [-0.25, -0.2) is 0 Å². The number of aliphatic hydroxyl groups is 1. The Morgan fingerprint density at radius 3 is 2.71 bits per heavy atom. The van der Waals surface area contributed by atoms with Crippen molar-refractivity contribution in [3.8, 4) is 0 Å². The van der Waals surface area contributed by atoms with E-state index in [0.29, 0.717) is 18.7 Å². The molecule has 1 saturated carbocycles. The highest BCUT2D eigenvalue weighted by Gasteiger charge is 2.39. The zero-order valence-electron chi connectivity index (χ0n) is 11.0. The summed E-state index contributed by atoms with van der Waals surface area (Å²) >= 11 is 0. The van der Waals surface area contributed by atoms with E-state index in [4.69, 9.17) is 5.11 Å². The van der Waals surface area contributed by atoms with E-state index in [9.17, 15) is 0 Å². The Morgan fingerprint density at radius 2 is 2.12 bits per heavy atom. The molecule has 98 valence electrons. The Morgan fingerprint density at radius 1 is 1.41 bits per heavy atom. The van der Waals surface area contributed by atoms with Crippen molar-refractivity contribution in [1.82, 2.24) is 10.2 Å². The molecule has 0 aromatic carbocycles. The molecule has 0 unspecified atom stereocenters. The van der Waals surface area contributed by atoms with Gasteiger partial charge in [-0.3, -0.25) is 0 Å². The summed E-state index contributed by atoms with van der Waals surface area (Å²) in [4.78, 5) is 2.35. The molecule has 2 atom stereocenters. The minimum atomic E-state index is 0.291.